The molecule has 2 aromatic heterocycles. The van der Waals surface area contributed by atoms with Crippen LogP contribution in [0.15, 0.2) is 30.5 Å². The van der Waals surface area contributed by atoms with E-state index in [-0.39, 0.29) is 60.3 Å². The van der Waals surface area contributed by atoms with Gasteiger partial charge in [0.2, 0.25) is 0 Å². The largest absolute Gasteiger partial charge is 0.508 e. The molecule has 248 valence electrons. The van der Waals surface area contributed by atoms with Crippen LogP contribution in [0.5, 0.6) is 11.8 Å². The average Bonchev–Trinajstić information content (AvgIpc) is 3.46. The Morgan fingerprint density at radius 1 is 1.15 bits per heavy atom. The predicted octanol–water partition coefficient (Wildman–Crippen LogP) is 3.43. The first-order valence-electron chi connectivity index (χ1n) is 16.0. The fourth-order valence-corrected chi connectivity index (χ4v) is 7.72. The minimum Gasteiger partial charge on any atom is -0.508 e. The molecule has 14 heteroatoms. The second-order valence-corrected chi connectivity index (χ2v) is 12.8. The van der Waals surface area contributed by atoms with E-state index in [1.807, 2.05) is 4.90 Å². The van der Waals surface area contributed by atoms with E-state index in [0.717, 1.165) is 19.4 Å². The highest BCUT2D eigenvalue weighted by Crippen LogP contribution is 2.42. The van der Waals surface area contributed by atoms with Gasteiger partial charge < -0.3 is 34.6 Å². The smallest absolute Gasteiger partial charge is 0.319 e. The molecule has 0 aliphatic carbocycles. The number of nitrogens with one attached hydrogen (secondary N) is 1. The number of ether oxygens (including phenoxy) is 3. The first kappa shape index (κ1) is 30.5. The standard InChI is InChI=1S/C33H35F3N6O5/c34-19-12-33(5-1-7-42(33)15-19)17-46-31-39-29-24-14-38-28(27(29)36)23-11-20(43)10-18-2-3-25(35)22(26(18)23)4-9-45-32(44)47-21-13-37-6-8-41(16-21)30(24)40-31/h2-3,10-11,14,19,21,32,37,43-44H,1,4-9,12-13,15-17H2/t19-,21?,32?,33+/m1/s1. The van der Waals surface area contributed by atoms with Crippen LogP contribution < -0.4 is 15.0 Å². The van der Waals surface area contributed by atoms with Gasteiger partial charge in [-0.2, -0.15) is 9.97 Å². The summed E-state index contributed by atoms with van der Waals surface area (Å²) in [5, 5.41) is 25.7. The summed E-state index contributed by atoms with van der Waals surface area (Å²) < 4.78 is 64.4. The molecule has 3 fully saturated rings. The second kappa shape index (κ2) is 12.0. The Kier molecular flexibility index (Phi) is 7.79. The summed E-state index contributed by atoms with van der Waals surface area (Å²) in [4.78, 5) is 17.8. The second-order valence-electron chi connectivity index (χ2n) is 12.8. The maximum Gasteiger partial charge on any atom is 0.319 e. The van der Waals surface area contributed by atoms with Crippen molar-refractivity contribution in [2.45, 2.75) is 50.0 Å². The molecule has 3 saturated heterocycles. The lowest BCUT2D eigenvalue weighted by Gasteiger charge is -2.31. The van der Waals surface area contributed by atoms with Crippen molar-refractivity contribution >= 4 is 27.5 Å². The molecule has 11 nitrogen and oxygen atoms in total. The lowest BCUT2D eigenvalue weighted by Crippen LogP contribution is -2.43. The molecule has 3 N–H and O–H groups in total. The highest BCUT2D eigenvalue weighted by atomic mass is 19.1. The normalized spacial score (nSPS) is 26.7. The quantitative estimate of drug-likeness (QED) is 0.302. The number of hydrogen-bond acceptors (Lipinski definition) is 11. The van der Waals surface area contributed by atoms with E-state index >= 15 is 8.78 Å². The number of benzene rings is 2. The van der Waals surface area contributed by atoms with Crippen LogP contribution >= 0.6 is 0 Å². The van der Waals surface area contributed by atoms with E-state index in [4.69, 9.17) is 19.2 Å². The van der Waals surface area contributed by atoms with Gasteiger partial charge in [0.1, 0.15) is 41.4 Å². The average molecular weight is 653 g/mol. The Morgan fingerprint density at radius 3 is 2.94 bits per heavy atom. The summed E-state index contributed by atoms with van der Waals surface area (Å²) >= 11 is 0. The van der Waals surface area contributed by atoms with Crippen molar-refractivity contribution in [2.75, 3.05) is 57.4 Å². The number of phenolic OH excluding ortho intramolecular Hbond substituents is 1. The maximum absolute atomic E-state index is 16.9. The number of nitrogens with zero attached hydrogens (tertiary/aromatic N) is 5. The first-order chi connectivity index (χ1) is 22.8. The fraction of sp³-hybridized carbons (Fsp3) is 0.485. The number of halogens is 3. The van der Waals surface area contributed by atoms with Crippen LogP contribution in [0.1, 0.15) is 24.8 Å². The lowest BCUT2D eigenvalue weighted by atomic mass is 9.94. The third-order valence-corrected chi connectivity index (χ3v) is 9.86. The Hall–Kier alpha value is -3.82. The Bertz CT molecular complexity index is 1850. The van der Waals surface area contributed by atoms with Gasteiger partial charge in [0.25, 0.3) is 6.48 Å². The Labute approximate surface area is 268 Å². The Morgan fingerprint density at radius 2 is 2.04 bits per heavy atom. The summed E-state index contributed by atoms with van der Waals surface area (Å²) in [6.45, 7) is 1.27. The summed E-state index contributed by atoms with van der Waals surface area (Å²) in [5.74, 6) is -1.15. The number of phenols is 1. The van der Waals surface area contributed by atoms with Crippen molar-refractivity contribution in [3.05, 3.63) is 47.7 Å². The molecule has 2 aromatic carbocycles. The van der Waals surface area contributed by atoms with E-state index in [1.165, 1.54) is 30.5 Å². The summed E-state index contributed by atoms with van der Waals surface area (Å²) in [6.07, 6.45) is 2.05. The van der Waals surface area contributed by atoms with E-state index in [9.17, 15) is 14.6 Å². The van der Waals surface area contributed by atoms with Crippen molar-refractivity contribution in [3.8, 4) is 23.0 Å². The van der Waals surface area contributed by atoms with Crippen molar-refractivity contribution in [1.82, 2.24) is 25.2 Å². The van der Waals surface area contributed by atoms with Gasteiger partial charge >= 0.3 is 6.01 Å². The van der Waals surface area contributed by atoms with Crippen LogP contribution in [0.2, 0.25) is 0 Å². The maximum atomic E-state index is 16.9. The van der Waals surface area contributed by atoms with Gasteiger partial charge in [-0.3, -0.25) is 9.88 Å². The number of fused-ring (bicyclic) bond motifs is 6. The molecule has 5 aliphatic heterocycles. The van der Waals surface area contributed by atoms with Crippen LogP contribution in [0, 0.1) is 11.6 Å². The molecule has 5 aliphatic rings. The molecule has 47 heavy (non-hydrogen) atoms. The van der Waals surface area contributed by atoms with Crippen LogP contribution in [0.3, 0.4) is 0 Å². The minimum atomic E-state index is -1.59. The van der Waals surface area contributed by atoms with Gasteiger partial charge in [-0.05, 0) is 60.3 Å². The summed E-state index contributed by atoms with van der Waals surface area (Å²) in [6, 6.07) is 5.51. The molecule has 7 heterocycles. The van der Waals surface area contributed by atoms with Gasteiger partial charge in [0.05, 0.1) is 23.6 Å². The van der Waals surface area contributed by atoms with Crippen molar-refractivity contribution in [1.29, 1.82) is 0 Å². The highest BCUT2D eigenvalue weighted by Gasteiger charge is 2.49. The van der Waals surface area contributed by atoms with Gasteiger partial charge in [0.15, 0.2) is 5.82 Å². The summed E-state index contributed by atoms with van der Waals surface area (Å²) in [5.41, 5.74) is -0.305. The monoisotopic (exact) mass is 652 g/mol. The van der Waals surface area contributed by atoms with Crippen molar-refractivity contribution in [2.24, 2.45) is 0 Å². The molecular formula is C33H35F3N6O5. The van der Waals surface area contributed by atoms with E-state index < -0.39 is 35.9 Å². The molecule has 0 radical (unpaired) electrons. The van der Waals surface area contributed by atoms with Gasteiger partial charge in [-0.25, -0.2) is 13.2 Å². The number of alkyl halides is 1. The number of hydrogen-bond donors (Lipinski definition) is 3. The van der Waals surface area contributed by atoms with Crippen LogP contribution in [0.25, 0.3) is 32.9 Å². The van der Waals surface area contributed by atoms with Gasteiger partial charge in [-0.1, -0.05) is 6.07 Å². The number of aromatic hydroxyl groups is 1. The highest BCUT2D eigenvalue weighted by molar-refractivity contribution is 6.01. The molecular weight excluding hydrogens is 617 g/mol. The first-order valence-corrected chi connectivity index (χ1v) is 16.0. The SMILES string of the molecule is Oc1cc2c3c(c(F)ccc3c1)CCOC(O)OC1CNCCN(C1)c1nc(OC[C@@]34CCCN3C[C@H](F)C4)nc3c(F)c-2ncc13. The molecule has 6 bridgehead atoms. The molecule has 0 spiro atoms. The van der Waals surface area contributed by atoms with Gasteiger partial charge in [-0.15, -0.1) is 0 Å². The molecule has 0 amide bonds. The zero-order valence-electron chi connectivity index (χ0n) is 25.6. The number of anilines is 1. The van der Waals surface area contributed by atoms with Gasteiger partial charge in [0, 0.05) is 50.9 Å². The summed E-state index contributed by atoms with van der Waals surface area (Å²) in [7, 11) is 0. The van der Waals surface area contributed by atoms with E-state index in [0.29, 0.717) is 54.6 Å². The van der Waals surface area contributed by atoms with E-state index in [2.05, 4.69) is 20.2 Å². The molecule has 9 rings (SSSR count). The zero-order chi connectivity index (χ0) is 32.3. The zero-order valence-corrected chi connectivity index (χ0v) is 25.6. The predicted molar refractivity (Wildman–Crippen MR) is 166 cm³/mol. The lowest BCUT2D eigenvalue weighted by molar-refractivity contribution is -0.278. The number of pyridine rings is 1. The van der Waals surface area contributed by atoms with Crippen molar-refractivity contribution < 1.29 is 37.6 Å². The molecule has 4 atom stereocenters. The number of aromatic nitrogens is 3. The van der Waals surface area contributed by atoms with Crippen molar-refractivity contribution in [3.63, 3.8) is 0 Å². The topological polar surface area (TPSA) is 125 Å². The molecule has 4 aromatic rings. The third-order valence-electron chi connectivity index (χ3n) is 9.86. The minimum absolute atomic E-state index is 0.0222. The third kappa shape index (κ3) is 5.51. The molecule has 2 unspecified atom stereocenters. The van der Waals surface area contributed by atoms with Crippen LogP contribution in [0.4, 0.5) is 19.0 Å². The Balaban J connectivity index is 1.31. The fourth-order valence-electron chi connectivity index (χ4n) is 7.72. The van der Waals surface area contributed by atoms with E-state index in [1.54, 1.807) is 0 Å². The van der Waals surface area contributed by atoms with Crippen LogP contribution in [-0.4, -0.2) is 107 Å². The number of aliphatic hydroxyl groups is 1. The number of rotatable bonds is 3. The number of aliphatic hydroxyl groups excluding tert-OH is 1. The molecule has 0 saturated carbocycles. The van der Waals surface area contributed by atoms with Crippen LogP contribution in [-0.2, 0) is 15.9 Å².